The average molecular weight is 247 g/mol. The maximum atomic E-state index is 5.57. The average Bonchev–Trinajstić information content (AvgIpc) is 2.89. The second kappa shape index (κ2) is 5.75. The number of benzene rings is 1. The van der Waals surface area contributed by atoms with Gasteiger partial charge in [0.2, 0.25) is 11.7 Å². The number of ether oxygens (including phenoxy) is 1. The lowest BCUT2D eigenvalue weighted by Crippen LogP contribution is -2.10. The van der Waals surface area contributed by atoms with Crippen molar-refractivity contribution in [2.75, 3.05) is 13.7 Å². The Balaban J connectivity index is 2.26. The molecule has 0 amide bonds. The molecular formula is C13H17N3O2. The van der Waals surface area contributed by atoms with Crippen LogP contribution >= 0.6 is 0 Å². The Kier molecular flexibility index (Phi) is 4.07. The maximum Gasteiger partial charge on any atom is 0.230 e. The molecule has 2 atom stereocenters. The van der Waals surface area contributed by atoms with Crippen LogP contribution in [0.3, 0.4) is 0 Å². The van der Waals surface area contributed by atoms with E-state index in [1.165, 1.54) is 0 Å². The van der Waals surface area contributed by atoms with Crippen LogP contribution in [-0.2, 0) is 4.74 Å². The molecule has 2 rings (SSSR count). The highest BCUT2D eigenvalue weighted by atomic mass is 16.5. The minimum atomic E-state index is -0.311. The molecule has 2 N–H and O–H groups in total. The summed E-state index contributed by atoms with van der Waals surface area (Å²) in [5.41, 5.74) is 6.57. The summed E-state index contributed by atoms with van der Waals surface area (Å²) in [5, 5.41) is 3.97. The summed E-state index contributed by atoms with van der Waals surface area (Å²) in [6.45, 7) is 2.42. The lowest BCUT2D eigenvalue weighted by molar-refractivity contribution is 0.126. The summed E-state index contributed by atoms with van der Waals surface area (Å²) in [6, 6.07) is 9.79. The Morgan fingerprint density at radius 2 is 2.06 bits per heavy atom. The van der Waals surface area contributed by atoms with Crippen molar-refractivity contribution in [3.8, 4) is 0 Å². The van der Waals surface area contributed by atoms with Crippen molar-refractivity contribution in [1.82, 2.24) is 10.1 Å². The molecule has 0 aliphatic heterocycles. The third-order valence-corrected chi connectivity index (χ3v) is 2.81. The van der Waals surface area contributed by atoms with E-state index in [1.807, 2.05) is 37.3 Å². The molecule has 0 fully saturated rings. The van der Waals surface area contributed by atoms with Crippen molar-refractivity contribution in [2.24, 2.45) is 5.73 Å². The zero-order valence-electron chi connectivity index (χ0n) is 10.5. The first-order valence-corrected chi connectivity index (χ1v) is 5.87. The third kappa shape index (κ3) is 2.57. The highest BCUT2D eigenvalue weighted by Crippen LogP contribution is 2.24. The normalized spacial score (nSPS) is 14.4. The van der Waals surface area contributed by atoms with Gasteiger partial charge < -0.3 is 15.0 Å². The van der Waals surface area contributed by atoms with Crippen molar-refractivity contribution >= 4 is 0 Å². The highest BCUT2D eigenvalue weighted by molar-refractivity contribution is 5.22. The molecule has 1 aromatic heterocycles. The summed E-state index contributed by atoms with van der Waals surface area (Å²) in [6.07, 6.45) is -0.311. The fourth-order valence-corrected chi connectivity index (χ4v) is 1.67. The zero-order valence-corrected chi connectivity index (χ0v) is 10.5. The van der Waals surface area contributed by atoms with E-state index in [1.54, 1.807) is 7.11 Å². The van der Waals surface area contributed by atoms with Gasteiger partial charge in [-0.3, -0.25) is 0 Å². The van der Waals surface area contributed by atoms with Crippen LogP contribution in [0.4, 0.5) is 0 Å². The molecule has 1 aromatic carbocycles. The lowest BCUT2D eigenvalue weighted by Gasteiger charge is -2.10. The molecule has 0 bridgehead atoms. The van der Waals surface area contributed by atoms with Gasteiger partial charge in [0.05, 0.1) is 0 Å². The van der Waals surface area contributed by atoms with Gasteiger partial charge in [-0.05, 0) is 5.56 Å². The van der Waals surface area contributed by atoms with Gasteiger partial charge in [0, 0.05) is 19.6 Å². The van der Waals surface area contributed by atoms with E-state index in [2.05, 4.69) is 10.1 Å². The van der Waals surface area contributed by atoms with Crippen molar-refractivity contribution < 1.29 is 9.26 Å². The smallest absolute Gasteiger partial charge is 0.230 e. The first kappa shape index (κ1) is 12.7. The summed E-state index contributed by atoms with van der Waals surface area (Å²) < 4.78 is 10.6. The Labute approximate surface area is 106 Å². The standard InChI is InChI=1S/C13H17N3O2/c1-9(8-14)13-15-12(16-18-13)11(17-2)10-6-4-3-5-7-10/h3-7,9,11H,8,14H2,1-2H3. The van der Waals surface area contributed by atoms with E-state index in [4.69, 9.17) is 15.0 Å². The summed E-state index contributed by atoms with van der Waals surface area (Å²) >= 11 is 0. The molecule has 5 nitrogen and oxygen atoms in total. The number of nitrogens with two attached hydrogens (primary N) is 1. The quantitative estimate of drug-likeness (QED) is 0.873. The monoisotopic (exact) mass is 247 g/mol. The maximum absolute atomic E-state index is 5.57. The van der Waals surface area contributed by atoms with Gasteiger partial charge in [0.25, 0.3) is 0 Å². The predicted octanol–water partition coefficient (Wildman–Crippen LogP) is 1.87. The van der Waals surface area contributed by atoms with Gasteiger partial charge in [-0.15, -0.1) is 0 Å². The number of nitrogens with zero attached hydrogens (tertiary/aromatic N) is 2. The van der Waals surface area contributed by atoms with E-state index in [9.17, 15) is 0 Å². The number of hydrogen-bond donors (Lipinski definition) is 1. The number of hydrogen-bond acceptors (Lipinski definition) is 5. The molecule has 1 heterocycles. The van der Waals surface area contributed by atoms with Crippen molar-refractivity contribution in [1.29, 1.82) is 0 Å². The molecule has 0 radical (unpaired) electrons. The Morgan fingerprint density at radius 1 is 1.33 bits per heavy atom. The fourth-order valence-electron chi connectivity index (χ4n) is 1.67. The van der Waals surface area contributed by atoms with Crippen LogP contribution in [0.1, 0.15) is 36.2 Å². The van der Waals surface area contributed by atoms with Gasteiger partial charge in [0.1, 0.15) is 6.10 Å². The molecule has 0 aliphatic carbocycles. The van der Waals surface area contributed by atoms with Crippen molar-refractivity contribution in [3.05, 3.63) is 47.6 Å². The van der Waals surface area contributed by atoms with E-state index in [-0.39, 0.29) is 12.0 Å². The lowest BCUT2D eigenvalue weighted by atomic mass is 10.1. The van der Waals surface area contributed by atoms with E-state index < -0.39 is 0 Å². The van der Waals surface area contributed by atoms with Crippen LogP contribution in [0.2, 0.25) is 0 Å². The summed E-state index contributed by atoms with van der Waals surface area (Å²) in [5.74, 6) is 1.13. The van der Waals surface area contributed by atoms with Crippen LogP contribution < -0.4 is 5.73 Å². The molecule has 5 heteroatoms. The van der Waals surface area contributed by atoms with Crippen molar-refractivity contribution in [3.63, 3.8) is 0 Å². The SMILES string of the molecule is COC(c1ccccc1)c1noc(C(C)CN)n1. The van der Waals surface area contributed by atoms with Crippen LogP contribution in [-0.4, -0.2) is 23.8 Å². The second-order valence-corrected chi connectivity index (χ2v) is 4.15. The predicted molar refractivity (Wildman–Crippen MR) is 67.1 cm³/mol. The fraction of sp³-hybridized carbons (Fsp3) is 0.385. The van der Waals surface area contributed by atoms with Crippen LogP contribution in [0, 0.1) is 0 Å². The van der Waals surface area contributed by atoms with Gasteiger partial charge >= 0.3 is 0 Å². The largest absolute Gasteiger partial charge is 0.369 e. The molecule has 0 saturated carbocycles. The van der Waals surface area contributed by atoms with Crippen LogP contribution in [0.25, 0.3) is 0 Å². The first-order valence-electron chi connectivity index (χ1n) is 5.87. The Hall–Kier alpha value is -1.72. The Bertz CT molecular complexity index is 484. The number of methoxy groups -OCH3 is 1. The highest BCUT2D eigenvalue weighted by Gasteiger charge is 2.21. The molecular weight excluding hydrogens is 230 g/mol. The third-order valence-electron chi connectivity index (χ3n) is 2.81. The minimum Gasteiger partial charge on any atom is -0.369 e. The molecule has 18 heavy (non-hydrogen) atoms. The minimum absolute atomic E-state index is 0.0551. The molecule has 96 valence electrons. The van der Waals surface area contributed by atoms with Crippen molar-refractivity contribution in [2.45, 2.75) is 18.9 Å². The van der Waals surface area contributed by atoms with Gasteiger partial charge in [-0.2, -0.15) is 4.98 Å². The van der Waals surface area contributed by atoms with Crippen LogP contribution in [0.5, 0.6) is 0 Å². The Morgan fingerprint density at radius 3 is 2.67 bits per heavy atom. The summed E-state index contributed by atoms with van der Waals surface area (Å²) in [7, 11) is 1.63. The van der Waals surface area contributed by atoms with Gasteiger partial charge in [0.15, 0.2) is 0 Å². The van der Waals surface area contributed by atoms with Gasteiger partial charge in [-0.1, -0.05) is 42.4 Å². The second-order valence-electron chi connectivity index (χ2n) is 4.15. The van der Waals surface area contributed by atoms with E-state index >= 15 is 0 Å². The number of aromatic nitrogens is 2. The molecule has 0 aliphatic rings. The molecule has 2 unspecified atom stereocenters. The molecule has 0 saturated heterocycles. The van der Waals surface area contributed by atoms with E-state index in [0.29, 0.717) is 18.3 Å². The van der Waals surface area contributed by atoms with Gasteiger partial charge in [-0.25, -0.2) is 0 Å². The molecule has 2 aromatic rings. The number of rotatable bonds is 5. The zero-order chi connectivity index (χ0) is 13.0. The first-order chi connectivity index (χ1) is 8.76. The summed E-state index contributed by atoms with van der Waals surface area (Å²) in [4.78, 5) is 4.35. The van der Waals surface area contributed by atoms with Crippen LogP contribution in [0.15, 0.2) is 34.9 Å². The molecule has 0 spiro atoms. The van der Waals surface area contributed by atoms with E-state index in [0.717, 1.165) is 5.56 Å². The topological polar surface area (TPSA) is 74.2 Å².